The average Bonchev–Trinajstić information content (AvgIpc) is 3.09. The number of aromatic nitrogens is 3. The van der Waals surface area contributed by atoms with Crippen molar-refractivity contribution in [2.45, 2.75) is 20.0 Å². The smallest absolute Gasteiger partial charge is 0.151 e. The largest absolute Gasteiger partial charge is 0.359 e. The van der Waals surface area contributed by atoms with Crippen LogP contribution in [0.2, 0.25) is 0 Å². The molecule has 3 rings (SSSR count). The molecular weight excluding hydrogens is 284 g/mol. The molecule has 2 heterocycles. The van der Waals surface area contributed by atoms with E-state index in [2.05, 4.69) is 20.3 Å². The average molecular weight is 300 g/mol. The molecule has 6 heteroatoms. The van der Waals surface area contributed by atoms with Crippen molar-refractivity contribution < 1.29 is 4.52 Å². The lowest BCUT2D eigenvalue weighted by Gasteiger charge is -2.11. The predicted octanol–water partition coefficient (Wildman–Crippen LogP) is 3.13. The summed E-state index contributed by atoms with van der Waals surface area (Å²) in [5.41, 5.74) is 1.93. The van der Waals surface area contributed by atoms with E-state index in [9.17, 15) is 0 Å². The first kappa shape index (κ1) is 13.9. The van der Waals surface area contributed by atoms with Crippen LogP contribution in [-0.2, 0) is 13.1 Å². The fraction of sp³-hybridized carbons (Fsp3) is 0.267. The third-order valence-electron chi connectivity index (χ3n) is 3.03. The Hall–Kier alpha value is -2.05. The summed E-state index contributed by atoms with van der Waals surface area (Å²) in [5.74, 6) is 0.845. The Morgan fingerprint density at radius 1 is 1.14 bits per heavy atom. The van der Waals surface area contributed by atoms with Crippen molar-refractivity contribution in [2.24, 2.45) is 0 Å². The maximum atomic E-state index is 5.41. The SMILES string of the molecule is Cc1nnc(CN(C)Cc2cc(-c3ccccc3)no2)s1. The Bertz CT molecular complexity index is 707. The van der Waals surface area contributed by atoms with Gasteiger partial charge in [-0.25, -0.2) is 0 Å². The lowest BCUT2D eigenvalue weighted by Crippen LogP contribution is -2.16. The molecular formula is C15H16N4OS. The van der Waals surface area contributed by atoms with Gasteiger partial charge in [0.05, 0.1) is 13.1 Å². The van der Waals surface area contributed by atoms with Crippen LogP contribution in [0, 0.1) is 6.92 Å². The zero-order valence-electron chi connectivity index (χ0n) is 12.0. The van der Waals surface area contributed by atoms with Crippen LogP contribution in [0.25, 0.3) is 11.3 Å². The van der Waals surface area contributed by atoms with E-state index < -0.39 is 0 Å². The van der Waals surface area contributed by atoms with Gasteiger partial charge < -0.3 is 4.52 Å². The van der Waals surface area contributed by atoms with Gasteiger partial charge in [-0.2, -0.15) is 0 Å². The first-order valence-corrected chi connectivity index (χ1v) is 7.51. The van der Waals surface area contributed by atoms with E-state index in [1.807, 2.05) is 50.4 Å². The van der Waals surface area contributed by atoms with Gasteiger partial charge in [-0.15, -0.1) is 21.5 Å². The van der Waals surface area contributed by atoms with E-state index in [1.165, 1.54) is 0 Å². The molecule has 0 radical (unpaired) electrons. The lowest BCUT2D eigenvalue weighted by atomic mass is 10.1. The second kappa shape index (κ2) is 6.15. The molecule has 0 aliphatic carbocycles. The fourth-order valence-electron chi connectivity index (χ4n) is 2.09. The van der Waals surface area contributed by atoms with E-state index in [0.29, 0.717) is 6.54 Å². The van der Waals surface area contributed by atoms with Gasteiger partial charge in [0, 0.05) is 11.6 Å². The Morgan fingerprint density at radius 2 is 1.95 bits per heavy atom. The number of benzene rings is 1. The summed E-state index contributed by atoms with van der Waals surface area (Å²) in [6.45, 7) is 3.41. The molecule has 0 aliphatic rings. The van der Waals surface area contributed by atoms with Crippen LogP contribution < -0.4 is 0 Å². The van der Waals surface area contributed by atoms with Gasteiger partial charge in [0.15, 0.2) is 5.76 Å². The van der Waals surface area contributed by atoms with Crippen molar-refractivity contribution in [3.8, 4) is 11.3 Å². The van der Waals surface area contributed by atoms with E-state index in [1.54, 1.807) is 11.3 Å². The molecule has 2 aromatic heterocycles. The first-order chi connectivity index (χ1) is 10.2. The maximum absolute atomic E-state index is 5.41. The van der Waals surface area contributed by atoms with Gasteiger partial charge in [0.1, 0.15) is 15.7 Å². The summed E-state index contributed by atoms with van der Waals surface area (Å²) in [5, 5.41) is 14.3. The molecule has 0 saturated heterocycles. The quantitative estimate of drug-likeness (QED) is 0.724. The second-order valence-corrected chi connectivity index (χ2v) is 6.20. The maximum Gasteiger partial charge on any atom is 0.151 e. The van der Waals surface area contributed by atoms with E-state index in [0.717, 1.165) is 33.6 Å². The minimum Gasteiger partial charge on any atom is -0.359 e. The van der Waals surface area contributed by atoms with Gasteiger partial charge >= 0.3 is 0 Å². The van der Waals surface area contributed by atoms with Crippen molar-refractivity contribution in [3.05, 3.63) is 52.2 Å². The molecule has 0 unspecified atom stereocenters. The molecule has 0 spiro atoms. The van der Waals surface area contributed by atoms with Crippen LogP contribution in [0.1, 0.15) is 15.8 Å². The highest BCUT2D eigenvalue weighted by molar-refractivity contribution is 7.11. The first-order valence-electron chi connectivity index (χ1n) is 6.69. The molecule has 1 aromatic carbocycles. The summed E-state index contributed by atoms with van der Waals surface area (Å²) < 4.78 is 5.41. The fourth-order valence-corrected chi connectivity index (χ4v) is 2.88. The monoisotopic (exact) mass is 300 g/mol. The van der Waals surface area contributed by atoms with Gasteiger partial charge in [0.25, 0.3) is 0 Å². The van der Waals surface area contributed by atoms with Crippen molar-refractivity contribution in [1.82, 2.24) is 20.3 Å². The third-order valence-corrected chi connectivity index (χ3v) is 3.85. The molecule has 0 aliphatic heterocycles. The van der Waals surface area contributed by atoms with Crippen LogP contribution in [0.15, 0.2) is 40.9 Å². The molecule has 0 N–H and O–H groups in total. The third kappa shape index (κ3) is 3.53. The molecule has 5 nitrogen and oxygen atoms in total. The highest BCUT2D eigenvalue weighted by Gasteiger charge is 2.10. The van der Waals surface area contributed by atoms with Gasteiger partial charge in [0.2, 0.25) is 0 Å². The van der Waals surface area contributed by atoms with E-state index >= 15 is 0 Å². The summed E-state index contributed by atoms with van der Waals surface area (Å²) >= 11 is 1.62. The number of rotatable bonds is 5. The Morgan fingerprint density at radius 3 is 2.67 bits per heavy atom. The highest BCUT2D eigenvalue weighted by atomic mass is 32.1. The molecule has 3 aromatic rings. The molecule has 108 valence electrons. The number of nitrogens with zero attached hydrogens (tertiary/aromatic N) is 4. The van der Waals surface area contributed by atoms with Crippen LogP contribution >= 0.6 is 11.3 Å². The summed E-state index contributed by atoms with van der Waals surface area (Å²) in [6.07, 6.45) is 0. The standard InChI is InChI=1S/C15H16N4OS/c1-11-16-17-15(21-11)10-19(2)9-13-8-14(18-20-13)12-6-4-3-5-7-12/h3-8H,9-10H2,1-2H3. The topological polar surface area (TPSA) is 55.1 Å². The second-order valence-electron chi connectivity index (χ2n) is 4.93. The van der Waals surface area contributed by atoms with Crippen LogP contribution in [0.5, 0.6) is 0 Å². The molecule has 21 heavy (non-hydrogen) atoms. The minimum atomic E-state index is 0.693. The molecule has 0 amide bonds. The molecule has 0 saturated carbocycles. The summed E-state index contributed by atoms with van der Waals surface area (Å²) in [7, 11) is 2.03. The minimum absolute atomic E-state index is 0.693. The van der Waals surface area contributed by atoms with E-state index in [-0.39, 0.29) is 0 Å². The zero-order valence-corrected chi connectivity index (χ0v) is 12.8. The van der Waals surface area contributed by atoms with Gasteiger partial charge in [-0.3, -0.25) is 4.90 Å². The Kier molecular flexibility index (Phi) is 4.08. The number of hydrogen-bond acceptors (Lipinski definition) is 6. The van der Waals surface area contributed by atoms with Crippen molar-refractivity contribution >= 4 is 11.3 Å². The van der Waals surface area contributed by atoms with Crippen molar-refractivity contribution in [3.63, 3.8) is 0 Å². The Balaban J connectivity index is 1.64. The van der Waals surface area contributed by atoms with Crippen LogP contribution in [0.4, 0.5) is 0 Å². The number of aryl methyl sites for hydroxylation is 1. The van der Waals surface area contributed by atoms with Crippen molar-refractivity contribution in [2.75, 3.05) is 7.05 Å². The lowest BCUT2D eigenvalue weighted by molar-refractivity contribution is 0.266. The van der Waals surface area contributed by atoms with Gasteiger partial charge in [-0.1, -0.05) is 35.5 Å². The predicted molar refractivity (Wildman–Crippen MR) is 81.8 cm³/mol. The zero-order chi connectivity index (χ0) is 14.7. The Labute approximate surface area is 127 Å². The molecule has 0 bridgehead atoms. The van der Waals surface area contributed by atoms with Crippen molar-refractivity contribution in [1.29, 1.82) is 0 Å². The highest BCUT2D eigenvalue weighted by Crippen LogP contribution is 2.19. The van der Waals surface area contributed by atoms with Crippen LogP contribution in [0.3, 0.4) is 0 Å². The van der Waals surface area contributed by atoms with Crippen LogP contribution in [-0.4, -0.2) is 27.3 Å². The summed E-state index contributed by atoms with van der Waals surface area (Å²) in [4.78, 5) is 2.13. The molecule has 0 fully saturated rings. The normalized spacial score (nSPS) is 11.2. The molecule has 0 atom stereocenters. The number of hydrogen-bond donors (Lipinski definition) is 0. The van der Waals surface area contributed by atoms with E-state index in [4.69, 9.17) is 4.52 Å². The summed E-state index contributed by atoms with van der Waals surface area (Å²) in [6, 6.07) is 12.0. The van der Waals surface area contributed by atoms with Gasteiger partial charge in [-0.05, 0) is 14.0 Å².